The van der Waals surface area contributed by atoms with Crippen LogP contribution in [-0.4, -0.2) is 18.5 Å². The molecule has 4 rings (SSSR count). The average molecular weight is 386 g/mol. The number of hydrogen-bond donors (Lipinski definition) is 1. The van der Waals surface area contributed by atoms with Crippen LogP contribution in [0.15, 0.2) is 72.8 Å². The van der Waals surface area contributed by atoms with Crippen LogP contribution in [0.3, 0.4) is 0 Å². The summed E-state index contributed by atoms with van der Waals surface area (Å²) in [6.07, 6.45) is -0.435. The molecule has 0 spiro atoms. The van der Waals surface area contributed by atoms with Crippen molar-refractivity contribution in [1.82, 2.24) is 0 Å². The Balaban J connectivity index is 1.80. The van der Waals surface area contributed by atoms with Crippen molar-refractivity contribution in [3.05, 3.63) is 95.1 Å². The molecular weight excluding hydrogens is 364 g/mol. The minimum Gasteiger partial charge on any atom is -0.462 e. The third-order valence-electron chi connectivity index (χ3n) is 5.05. The van der Waals surface area contributed by atoms with E-state index in [0.29, 0.717) is 23.4 Å². The van der Waals surface area contributed by atoms with E-state index in [1.165, 1.54) is 0 Å². The number of para-hydroxylation sites is 2. The number of carbonyl (C=O) groups is 2. The first-order valence-corrected chi connectivity index (χ1v) is 9.62. The van der Waals surface area contributed by atoms with E-state index >= 15 is 0 Å². The Kier molecular flexibility index (Phi) is 5.04. The number of amides is 1. The van der Waals surface area contributed by atoms with Gasteiger partial charge in [0.25, 0.3) is 5.91 Å². The van der Waals surface area contributed by atoms with Crippen molar-refractivity contribution < 1.29 is 14.3 Å². The molecule has 5 heteroatoms. The normalized spacial score (nSPS) is 15.2. The van der Waals surface area contributed by atoms with Gasteiger partial charge in [-0.05, 0) is 43.7 Å². The fourth-order valence-electron chi connectivity index (χ4n) is 3.68. The highest BCUT2D eigenvalue weighted by molar-refractivity contribution is 6.12. The van der Waals surface area contributed by atoms with Crippen LogP contribution in [0.25, 0.3) is 0 Å². The standard InChI is InChI=1S/C24H22N2O3/c1-3-29-24(28)19-13-7-8-14-20(19)25-22-17-11-5-6-12-18(17)23(27)26(22)21-15-9-4-10-16(21)2/h4-15,22,25H,3H2,1-2H3/t22-/m0/s1. The number of fused-ring (bicyclic) bond motifs is 1. The first-order chi connectivity index (χ1) is 14.1. The summed E-state index contributed by atoms with van der Waals surface area (Å²) in [5.41, 5.74) is 4.43. The van der Waals surface area contributed by atoms with Gasteiger partial charge < -0.3 is 10.1 Å². The molecule has 5 nitrogen and oxygen atoms in total. The lowest BCUT2D eigenvalue weighted by Gasteiger charge is -2.29. The van der Waals surface area contributed by atoms with E-state index in [4.69, 9.17) is 4.74 Å². The molecule has 0 unspecified atom stereocenters. The third-order valence-corrected chi connectivity index (χ3v) is 5.05. The topological polar surface area (TPSA) is 58.6 Å². The highest BCUT2D eigenvalue weighted by atomic mass is 16.5. The highest BCUT2D eigenvalue weighted by Gasteiger charge is 2.38. The van der Waals surface area contributed by atoms with Crippen LogP contribution in [-0.2, 0) is 4.74 Å². The molecule has 1 heterocycles. The number of hydrogen-bond acceptors (Lipinski definition) is 4. The van der Waals surface area contributed by atoms with E-state index in [9.17, 15) is 9.59 Å². The molecule has 3 aromatic rings. The van der Waals surface area contributed by atoms with Crippen LogP contribution in [0, 0.1) is 6.92 Å². The third kappa shape index (κ3) is 3.36. The van der Waals surface area contributed by atoms with Crippen molar-refractivity contribution in [3.63, 3.8) is 0 Å². The molecule has 0 saturated carbocycles. The van der Waals surface area contributed by atoms with Gasteiger partial charge in [-0.25, -0.2) is 4.79 Å². The molecule has 0 radical (unpaired) electrons. The maximum Gasteiger partial charge on any atom is 0.340 e. The first kappa shape index (κ1) is 18.7. The van der Waals surface area contributed by atoms with Crippen LogP contribution in [0.4, 0.5) is 11.4 Å². The minimum absolute atomic E-state index is 0.0685. The Hall–Kier alpha value is -3.60. The second-order valence-electron chi connectivity index (χ2n) is 6.86. The molecule has 146 valence electrons. The maximum atomic E-state index is 13.3. The van der Waals surface area contributed by atoms with E-state index in [-0.39, 0.29) is 5.91 Å². The van der Waals surface area contributed by atoms with Crippen molar-refractivity contribution in [2.45, 2.75) is 20.0 Å². The number of esters is 1. The molecule has 0 bridgehead atoms. The summed E-state index contributed by atoms with van der Waals surface area (Å²) in [5.74, 6) is -0.461. The Morgan fingerprint density at radius 1 is 1.00 bits per heavy atom. The number of aryl methyl sites for hydroxylation is 1. The number of carbonyl (C=O) groups excluding carboxylic acids is 2. The first-order valence-electron chi connectivity index (χ1n) is 9.62. The maximum absolute atomic E-state index is 13.3. The Bertz CT molecular complexity index is 1080. The Labute approximate surface area is 169 Å². The van der Waals surface area contributed by atoms with Gasteiger partial charge in [-0.15, -0.1) is 0 Å². The fraction of sp³-hybridized carbons (Fsp3) is 0.167. The molecule has 0 aliphatic carbocycles. The van der Waals surface area contributed by atoms with E-state index in [1.54, 1.807) is 24.0 Å². The number of rotatable bonds is 5. The van der Waals surface area contributed by atoms with Gasteiger partial charge >= 0.3 is 5.97 Å². The van der Waals surface area contributed by atoms with Gasteiger partial charge in [0.05, 0.1) is 17.9 Å². The molecule has 1 atom stereocenters. The van der Waals surface area contributed by atoms with Crippen molar-refractivity contribution in [2.24, 2.45) is 0 Å². The van der Waals surface area contributed by atoms with Crippen LogP contribution in [0.2, 0.25) is 0 Å². The molecule has 3 aromatic carbocycles. The molecule has 1 amide bonds. The van der Waals surface area contributed by atoms with Crippen LogP contribution in [0.5, 0.6) is 0 Å². The number of nitrogens with zero attached hydrogens (tertiary/aromatic N) is 1. The number of ether oxygens (including phenoxy) is 1. The largest absolute Gasteiger partial charge is 0.462 e. The van der Waals surface area contributed by atoms with Crippen molar-refractivity contribution in [1.29, 1.82) is 0 Å². The lowest BCUT2D eigenvalue weighted by molar-refractivity contribution is 0.0527. The summed E-state index contributed by atoms with van der Waals surface area (Å²) in [4.78, 5) is 27.4. The lowest BCUT2D eigenvalue weighted by Crippen LogP contribution is -2.33. The smallest absolute Gasteiger partial charge is 0.340 e. The summed E-state index contributed by atoms with van der Waals surface area (Å²) >= 11 is 0. The van der Waals surface area contributed by atoms with Gasteiger partial charge in [0.2, 0.25) is 0 Å². The quantitative estimate of drug-likeness (QED) is 0.631. The van der Waals surface area contributed by atoms with Gasteiger partial charge in [-0.1, -0.05) is 48.5 Å². The zero-order chi connectivity index (χ0) is 20.4. The fourth-order valence-corrected chi connectivity index (χ4v) is 3.68. The monoisotopic (exact) mass is 386 g/mol. The van der Waals surface area contributed by atoms with Gasteiger partial charge in [0.1, 0.15) is 6.17 Å². The Morgan fingerprint density at radius 3 is 2.48 bits per heavy atom. The van der Waals surface area contributed by atoms with Crippen LogP contribution in [0.1, 0.15) is 44.9 Å². The summed E-state index contributed by atoms with van der Waals surface area (Å²) in [6.45, 7) is 4.06. The summed E-state index contributed by atoms with van der Waals surface area (Å²) in [5, 5.41) is 3.42. The molecule has 1 aliphatic rings. The second kappa shape index (κ2) is 7.80. The molecule has 29 heavy (non-hydrogen) atoms. The van der Waals surface area contributed by atoms with E-state index in [2.05, 4.69) is 5.32 Å². The number of benzene rings is 3. The minimum atomic E-state index is -0.435. The SMILES string of the molecule is CCOC(=O)c1ccccc1N[C@@H]1c2ccccc2C(=O)N1c1ccccc1C. The van der Waals surface area contributed by atoms with Crippen molar-refractivity contribution in [3.8, 4) is 0 Å². The zero-order valence-corrected chi connectivity index (χ0v) is 16.4. The molecule has 1 N–H and O–H groups in total. The van der Waals surface area contributed by atoms with E-state index < -0.39 is 12.1 Å². The molecule has 1 aliphatic heterocycles. The molecule has 0 saturated heterocycles. The number of anilines is 2. The summed E-state index contributed by atoms with van der Waals surface area (Å²) < 4.78 is 5.19. The summed E-state index contributed by atoms with van der Waals surface area (Å²) in [7, 11) is 0. The second-order valence-corrected chi connectivity index (χ2v) is 6.86. The number of nitrogens with one attached hydrogen (secondary N) is 1. The average Bonchev–Trinajstić information content (AvgIpc) is 3.01. The van der Waals surface area contributed by atoms with Crippen LogP contribution < -0.4 is 10.2 Å². The predicted octanol–water partition coefficient (Wildman–Crippen LogP) is 4.94. The predicted molar refractivity (Wildman–Crippen MR) is 113 cm³/mol. The highest BCUT2D eigenvalue weighted by Crippen LogP contribution is 2.39. The lowest BCUT2D eigenvalue weighted by atomic mass is 10.1. The van der Waals surface area contributed by atoms with Crippen molar-refractivity contribution in [2.75, 3.05) is 16.8 Å². The zero-order valence-electron chi connectivity index (χ0n) is 16.4. The van der Waals surface area contributed by atoms with Crippen molar-refractivity contribution >= 4 is 23.3 Å². The molecular formula is C24H22N2O3. The van der Waals surface area contributed by atoms with Crippen LogP contribution >= 0.6 is 0 Å². The molecule has 0 fully saturated rings. The van der Waals surface area contributed by atoms with Gasteiger partial charge in [-0.2, -0.15) is 0 Å². The molecule has 0 aromatic heterocycles. The van der Waals surface area contributed by atoms with E-state index in [0.717, 1.165) is 16.8 Å². The van der Waals surface area contributed by atoms with Gasteiger partial charge in [0, 0.05) is 16.8 Å². The Morgan fingerprint density at radius 2 is 1.69 bits per heavy atom. The van der Waals surface area contributed by atoms with E-state index in [1.807, 2.05) is 67.6 Å². The van der Waals surface area contributed by atoms with Gasteiger partial charge in [0.15, 0.2) is 0 Å². The summed E-state index contributed by atoms with van der Waals surface area (Å²) in [6, 6.07) is 22.5. The van der Waals surface area contributed by atoms with Gasteiger partial charge in [-0.3, -0.25) is 9.69 Å².